The van der Waals surface area contributed by atoms with Crippen LogP contribution in [0.4, 0.5) is 5.69 Å². The van der Waals surface area contributed by atoms with Gasteiger partial charge in [-0.3, -0.25) is 5.41 Å². The van der Waals surface area contributed by atoms with Crippen LogP contribution in [0.25, 0.3) is 0 Å². The highest BCUT2D eigenvalue weighted by Gasteiger charge is 2.23. The zero-order chi connectivity index (χ0) is 21.4. The van der Waals surface area contributed by atoms with Crippen LogP contribution in [-0.2, 0) is 9.53 Å². The molecule has 0 spiro atoms. The molecule has 0 heterocycles. The van der Waals surface area contributed by atoms with Crippen molar-refractivity contribution in [3.05, 3.63) is 53.6 Å². The van der Waals surface area contributed by atoms with Gasteiger partial charge in [0, 0.05) is 16.1 Å². The van der Waals surface area contributed by atoms with Gasteiger partial charge in [-0.05, 0) is 61.1 Å². The molecule has 0 radical (unpaired) electrons. The van der Waals surface area contributed by atoms with Crippen molar-refractivity contribution in [2.75, 3.05) is 24.8 Å². The van der Waals surface area contributed by atoms with Crippen LogP contribution in [-0.4, -0.2) is 31.3 Å². The fourth-order valence-electron chi connectivity index (χ4n) is 2.66. The van der Waals surface area contributed by atoms with Gasteiger partial charge in [0.05, 0.1) is 13.2 Å². The zero-order valence-corrected chi connectivity index (χ0v) is 18.1. The summed E-state index contributed by atoms with van der Waals surface area (Å²) >= 11 is 1.57. The summed E-state index contributed by atoms with van der Waals surface area (Å²) in [6, 6.07) is 12.1. The van der Waals surface area contributed by atoms with E-state index in [1.54, 1.807) is 43.0 Å². The number of nitrogen functional groups attached to an aromatic ring is 1. The number of anilines is 1. The van der Waals surface area contributed by atoms with Crippen LogP contribution in [0, 0.1) is 11.3 Å². The van der Waals surface area contributed by atoms with E-state index in [2.05, 4.69) is 19.2 Å². The number of benzene rings is 2. The van der Waals surface area contributed by atoms with Crippen molar-refractivity contribution in [2.24, 2.45) is 11.7 Å². The molecule has 29 heavy (non-hydrogen) atoms. The maximum absolute atomic E-state index is 12.6. The van der Waals surface area contributed by atoms with Crippen molar-refractivity contribution >= 4 is 29.3 Å². The molecule has 7 heteroatoms. The van der Waals surface area contributed by atoms with Crippen molar-refractivity contribution in [3.63, 3.8) is 0 Å². The molecule has 1 atom stereocenters. The lowest BCUT2D eigenvalue weighted by Gasteiger charge is -2.21. The molecular weight excluding hydrogens is 386 g/mol. The average Bonchev–Trinajstić information content (AvgIpc) is 2.70. The third-order valence-electron chi connectivity index (χ3n) is 4.12. The van der Waals surface area contributed by atoms with Gasteiger partial charge < -0.3 is 20.5 Å². The van der Waals surface area contributed by atoms with Crippen molar-refractivity contribution in [2.45, 2.75) is 31.7 Å². The number of thioether (sulfide) groups is 1. The van der Waals surface area contributed by atoms with E-state index >= 15 is 0 Å². The summed E-state index contributed by atoms with van der Waals surface area (Å²) in [5, 5.41) is 10.7. The van der Waals surface area contributed by atoms with Crippen LogP contribution in [0.1, 0.15) is 37.9 Å². The van der Waals surface area contributed by atoms with Gasteiger partial charge in [-0.2, -0.15) is 0 Å². The van der Waals surface area contributed by atoms with Gasteiger partial charge in [0.1, 0.15) is 11.6 Å². The van der Waals surface area contributed by atoms with E-state index < -0.39 is 6.04 Å². The van der Waals surface area contributed by atoms with Gasteiger partial charge in [0.2, 0.25) is 0 Å². The second kappa shape index (κ2) is 10.8. The first kappa shape index (κ1) is 22.6. The SMILES string of the molecule is CCOC(=O)C(Nc1ccc(C(=N)N)cc1)c1ccc(OCC(C)C)c(SC)c1. The fraction of sp³-hybridized carbons (Fsp3) is 0.364. The molecule has 2 aromatic rings. The molecule has 6 nitrogen and oxygen atoms in total. The number of carbonyl (C=O) groups is 1. The summed E-state index contributed by atoms with van der Waals surface area (Å²) in [5.74, 6) is 0.880. The first-order valence-electron chi connectivity index (χ1n) is 9.54. The highest BCUT2D eigenvalue weighted by Crippen LogP contribution is 2.32. The van der Waals surface area contributed by atoms with Gasteiger partial charge in [-0.1, -0.05) is 19.9 Å². The summed E-state index contributed by atoms with van der Waals surface area (Å²) in [6.45, 7) is 6.92. The Hall–Kier alpha value is -2.67. The Labute approximate surface area is 176 Å². The Morgan fingerprint density at radius 1 is 1.21 bits per heavy atom. The normalized spacial score (nSPS) is 11.8. The van der Waals surface area contributed by atoms with E-state index in [0.29, 0.717) is 24.7 Å². The van der Waals surface area contributed by atoms with E-state index in [0.717, 1.165) is 21.9 Å². The van der Waals surface area contributed by atoms with Crippen LogP contribution in [0.3, 0.4) is 0 Å². The molecule has 0 saturated heterocycles. The summed E-state index contributed by atoms with van der Waals surface area (Å²) in [5.41, 5.74) is 7.66. The van der Waals surface area contributed by atoms with E-state index in [-0.39, 0.29) is 11.8 Å². The highest BCUT2D eigenvalue weighted by molar-refractivity contribution is 7.98. The summed E-state index contributed by atoms with van der Waals surface area (Å²) in [6.07, 6.45) is 1.98. The summed E-state index contributed by atoms with van der Waals surface area (Å²) in [4.78, 5) is 13.6. The monoisotopic (exact) mass is 415 g/mol. The highest BCUT2D eigenvalue weighted by atomic mass is 32.2. The molecule has 4 N–H and O–H groups in total. The van der Waals surface area contributed by atoms with Crippen molar-refractivity contribution in [1.29, 1.82) is 5.41 Å². The molecule has 156 valence electrons. The molecule has 2 rings (SSSR count). The number of amidine groups is 1. The van der Waals surface area contributed by atoms with Crippen LogP contribution in [0.2, 0.25) is 0 Å². The Bertz CT molecular complexity index is 838. The Balaban J connectivity index is 2.31. The molecule has 0 aliphatic carbocycles. The van der Waals surface area contributed by atoms with E-state index in [9.17, 15) is 4.79 Å². The first-order chi connectivity index (χ1) is 13.8. The third kappa shape index (κ3) is 6.42. The minimum Gasteiger partial charge on any atom is -0.492 e. The molecule has 0 aliphatic rings. The second-order valence-corrected chi connectivity index (χ2v) is 7.78. The largest absolute Gasteiger partial charge is 0.492 e. The molecular formula is C22H29N3O3S. The molecule has 0 amide bonds. The number of ether oxygens (including phenoxy) is 2. The molecule has 0 fully saturated rings. The maximum atomic E-state index is 12.6. The number of esters is 1. The number of nitrogens with two attached hydrogens (primary N) is 1. The lowest BCUT2D eigenvalue weighted by atomic mass is 10.1. The van der Waals surface area contributed by atoms with Crippen molar-refractivity contribution < 1.29 is 14.3 Å². The zero-order valence-electron chi connectivity index (χ0n) is 17.3. The molecule has 0 bridgehead atoms. The average molecular weight is 416 g/mol. The van der Waals surface area contributed by atoms with E-state index in [4.69, 9.17) is 20.6 Å². The number of carbonyl (C=O) groups excluding carboxylic acids is 1. The van der Waals surface area contributed by atoms with Gasteiger partial charge >= 0.3 is 5.97 Å². The third-order valence-corrected chi connectivity index (χ3v) is 4.88. The van der Waals surface area contributed by atoms with Crippen LogP contribution >= 0.6 is 11.8 Å². The second-order valence-electron chi connectivity index (χ2n) is 6.94. The predicted octanol–water partition coefficient (Wildman–Crippen LogP) is 4.44. The minimum atomic E-state index is -0.664. The van der Waals surface area contributed by atoms with E-state index in [1.807, 2.05) is 24.5 Å². The molecule has 0 saturated carbocycles. The predicted molar refractivity (Wildman–Crippen MR) is 119 cm³/mol. The molecule has 0 aromatic heterocycles. The van der Waals surface area contributed by atoms with Crippen molar-refractivity contribution in [1.82, 2.24) is 0 Å². The fourth-order valence-corrected chi connectivity index (χ4v) is 3.24. The number of rotatable bonds is 10. The van der Waals surface area contributed by atoms with Gasteiger partial charge in [0.25, 0.3) is 0 Å². The summed E-state index contributed by atoms with van der Waals surface area (Å²) < 4.78 is 11.2. The van der Waals surface area contributed by atoms with Gasteiger partial charge in [0.15, 0.2) is 6.04 Å². The molecule has 2 aromatic carbocycles. The smallest absolute Gasteiger partial charge is 0.333 e. The van der Waals surface area contributed by atoms with E-state index in [1.165, 1.54) is 0 Å². The van der Waals surface area contributed by atoms with Gasteiger partial charge in [-0.15, -0.1) is 11.8 Å². The maximum Gasteiger partial charge on any atom is 0.333 e. The Morgan fingerprint density at radius 3 is 2.45 bits per heavy atom. The molecule has 1 unspecified atom stereocenters. The lowest BCUT2D eigenvalue weighted by Crippen LogP contribution is -2.23. The van der Waals surface area contributed by atoms with Crippen LogP contribution in [0.5, 0.6) is 5.75 Å². The molecule has 0 aliphatic heterocycles. The first-order valence-corrected chi connectivity index (χ1v) is 10.8. The number of nitrogens with one attached hydrogen (secondary N) is 2. The van der Waals surface area contributed by atoms with Crippen LogP contribution < -0.4 is 15.8 Å². The number of hydrogen-bond donors (Lipinski definition) is 3. The Kier molecular flexibility index (Phi) is 8.39. The standard InChI is InChI=1S/C22H29N3O3S/c1-5-27-22(26)20(25-17-9-6-15(7-10-17)21(23)24)16-8-11-18(19(12-16)29-4)28-13-14(2)3/h6-12,14,20,25H,5,13H2,1-4H3,(H3,23,24). The minimum absolute atomic E-state index is 0.0000847. The lowest BCUT2D eigenvalue weighted by molar-refractivity contribution is -0.144. The number of hydrogen-bond acceptors (Lipinski definition) is 6. The Morgan fingerprint density at radius 2 is 1.90 bits per heavy atom. The topological polar surface area (TPSA) is 97.4 Å². The quantitative estimate of drug-likeness (QED) is 0.230. The van der Waals surface area contributed by atoms with Crippen LogP contribution in [0.15, 0.2) is 47.4 Å². The van der Waals surface area contributed by atoms with Gasteiger partial charge in [-0.25, -0.2) is 4.79 Å². The summed E-state index contributed by atoms with van der Waals surface area (Å²) in [7, 11) is 0. The van der Waals surface area contributed by atoms with Crippen molar-refractivity contribution in [3.8, 4) is 5.75 Å².